The monoisotopic (exact) mass is 250 g/mol. The van der Waals surface area contributed by atoms with Gasteiger partial charge in [0.15, 0.2) is 0 Å². The van der Waals surface area contributed by atoms with Crippen LogP contribution >= 0.6 is 0 Å². The van der Waals surface area contributed by atoms with E-state index in [0.29, 0.717) is 6.54 Å². The van der Waals surface area contributed by atoms with E-state index in [1.165, 1.54) is 19.3 Å². The zero-order valence-electron chi connectivity index (χ0n) is 11.2. The summed E-state index contributed by atoms with van der Waals surface area (Å²) in [4.78, 5) is 2.33. The van der Waals surface area contributed by atoms with Crippen LogP contribution in [0, 0.1) is 5.82 Å². The topological polar surface area (TPSA) is 15.3 Å². The molecule has 1 saturated heterocycles. The fourth-order valence-electron chi connectivity index (χ4n) is 2.54. The normalized spacial score (nSPS) is 16.0. The van der Waals surface area contributed by atoms with Crippen molar-refractivity contribution in [1.29, 1.82) is 0 Å². The second-order valence-corrected chi connectivity index (χ2v) is 4.96. The molecule has 1 fully saturated rings. The van der Waals surface area contributed by atoms with Gasteiger partial charge in [-0.2, -0.15) is 0 Å². The summed E-state index contributed by atoms with van der Waals surface area (Å²) in [5.41, 5.74) is 1.91. The number of nitrogens with zero attached hydrogens (tertiary/aromatic N) is 1. The highest BCUT2D eigenvalue weighted by molar-refractivity contribution is 5.54. The summed E-state index contributed by atoms with van der Waals surface area (Å²) < 4.78 is 14.0. The smallest absolute Gasteiger partial charge is 0.129 e. The second-order valence-electron chi connectivity index (χ2n) is 4.96. The summed E-state index contributed by atoms with van der Waals surface area (Å²) >= 11 is 0. The summed E-state index contributed by atoms with van der Waals surface area (Å²) in [5, 5.41) is 3.31. The Morgan fingerprint density at radius 2 is 2.00 bits per heavy atom. The molecule has 0 radical (unpaired) electrons. The third kappa shape index (κ3) is 3.22. The molecule has 0 spiro atoms. The highest BCUT2D eigenvalue weighted by Gasteiger charge is 2.16. The first kappa shape index (κ1) is 13.3. The van der Waals surface area contributed by atoms with Gasteiger partial charge in [-0.1, -0.05) is 13.0 Å². The van der Waals surface area contributed by atoms with Crippen molar-refractivity contribution in [2.24, 2.45) is 0 Å². The molecule has 1 aromatic carbocycles. The van der Waals surface area contributed by atoms with E-state index in [1.807, 2.05) is 6.07 Å². The highest BCUT2D eigenvalue weighted by atomic mass is 19.1. The van der Waals surface area contributed by atoms with Gasteiger partial charge in [-0.3, -0.25) is 0 Å². The maximum atomic E-state index is 14.0. The molecule has 0 unspecified atom stereocenters. The van der Waals surface area contributed by atoms with Gasteiger partial charge in [0.2, 0.25) is 0 Å². The molecule has 100 valence electrons. The van der Waals surface area contributed by atoms with E-state index in [-0.39, 0.29) is 5.82 Å². The van der Waals surface area contributed by atoms with Crippen molar-refractivity contribution < 1.29 is 4.39 Å². The fraction of sp³-hybridized carbons (Fsp3) is 0.600. The molecule has 0 amide bonds. The molecule has 1 aromatic rings. The number of benzene rings is 1. The van der Waals surface area contributed by atoms with Crippen molar-refractivity contribution in [2.45, 2.75) is 39.2 Å². The van der Waals surface area contributed by atoms with Gasteiger partial charge in [-0.05, 0) is 44.4 Å². The molecule has 0 aromatic heterocycles. The summed E-state index contributed by atoms with van der Waals surface area (Å²) in [5.74, 6) is -0.0818. The van der Waals surface area contributed by atoms with Crippen LogP contribution in [0.2, 0.25) is 0 Å². The highest BCUT2D eigenvalue weighted by Crippen LogP contribution is 2.26. The van der Waals surface area contributed by atoms with E-state index < -0.39 is 0 Å². The summed E-state index contributed by atoms with van der Waals surface area (Å²) in [6.07, 6.45) is 4.82. The molecule has 0 atom stereocenters. The van der Waals surface area contributed by atoms with Crippen LogP contribution in [-0.4, -0.2) is 19.6 Å². The first-order valence-electron chi connectivity index (χ1n) is 7.06. The zero-order chi connectivity index (χ0) is 12.8. The number of rotatable bonds is 5. The average Bonchev–Trinajstić information content (AvgIpc) is 2.42. The molecular weight excluding hydrogens is 227 g/mol. The lowest BCUT2D eigenvalue weighted by Gasteiger charge is -2.30. The van der Waals surface area contributed by atoms with E-state index >= 15 is 0 Å². The van der Waals surface area contributed by atoms with Crippen molar-refractivity contribution in [1.82, 2.24) is 5.32 Å². The van der Waals surface area contributed by atoms with Crippen LogP contribution in [0.1, 0.15) is 38.2 Å². The van der Waals surface area contributed by atoms with Gasteiger partial charge in [0.25, 0.3) is 0 Å². The van der Waals surface area contributed by atoms with E-state index in [1.54, 1.807) is 6.07 Å². The van der Waals surface area contributed by atoms with Crippen LogP contribution in [0.25, 0.3) is 0 Å². The van der Waals surface area contributed by atoms with Gasteiger partial charge >= 0.3 is 0 Å². The number of piperidine rings is 1. The minimum absolute atomic E-state index is 0.0818. The van der Waals surface area contributed by atoms with Crippen LogP contribution in [0.3, 0.4) is 0 Å². The third-order valence-corrected chi connectivity index (χ3v) is 3.52. The molecule has 1 aliphatic rings. The first-order chi connectivity index (χ1) is 8.83. The standard InChI is InChI=1S/C15H23FN2/c1-2-9-17-12-13-14(16)7-6-8-15(13)18-10-4-3-5-11-18/h6-8,17H,2-5,9-12H2,1H3. The largest absolute Gasteiger partial charge is 0.371 e. The minimum atomic E-state index is -0.0818. The molecule has 18 heavy (non-hydrogen) atoms. The SMILES string of the molecule is CCCNCc1c(F)cccc1N1CCCCC1. The Balaban J connectivity index is 2.14. The van der Waals surface area contributed by atoms with Gasteiger partial charge < -0.3 is 10.2 Å². The molecule has 1 aliphatic heterocycles. The van der Waals surface area contributed by atoms with Gasteiger partial charge in [-0.15, -0.1) is 0 Å². The Bertz CT molecular complexity index is 373. The van der Waals surface area contributed by atoms with Crippen molar-refractivity contribution in [3.8, 4) is 0 Å². The lowest BCUT2D eigenvalue weighted by Crippen LogP contribution is -2.31. The van der Waals surface area contributed by atoms with Crippen LogP contribution in [0.5, 0.6) is 0 Å². The van der Waals surface area contributed by atoms with Crippen molar-refractivity contribution >= 4 is 5.69 Å². The summed E-state index contributed by atoms with van der Waals surface area (Å²) in [7, 11) is 0. The lowest BCUT2D eigenvalue weighted by atomic mass is 10.1. The minimum Gasteiger partial charge on any atom is -0.371 e. The Morgan fingerprint density at radius 3 is 2.72 bits per heavy atom. The van der Waals surface area contributed by atoms with Crippen molar-refractivity contribution in [3.05, 3.63) is 29.6 Å². The molecule has 1 heterocycles. The van der Waals surface area contributed by atoms with Gasteiger partial charge in [0.1, 0.15) is 5.82 Å². The van der Waals surface area contributed by atoms with Gasteiger partial charge in [0.05, 0.1) is 0 Å². The molecule has 1 N–H and O–H groups in total. The molecule has 0 saturated carbocycles. The van der Waals surface area contributed by atoms with Crippen molar-refractivity contribution in [2.75, 3.05) is 24.5 Å². The Kier molecular flexibility index (Phi) is 5.00. The number of nitrogens with one attached hydrogen (secondary N) is 1. The maximum absolute atomic E-state index is 14.0. The summed E-state index contributed by atoms with van der Waals surface area (Å²) in [6.45, 7) is 5.81. The fourth-order valence-corrected chi connectivity index (χ4v) is 2.54. The van der Waals surface area contributed by atoms with E-state index in [9.17, 15) is 4.39 Å². The zero-order valence-corrected chi connectivity index (χ0v) is 11.2. The quantitative estimate of drug-likeness (QED) is 0.806. The van der Waals surface area contributed by atoms with E-state index in [4.69, 9.17) is 0 Å². The van der Waals surface area contributed by atoms with Gasteiger partial charge in [0, 0.05) is 30.9 Å². The molecule has 2 nitrogen and oxygen atoms in total. The number of hydrogen-bond donors (Lipinski definition) is 1. The molecular formula is C15H23FN2. The summed E-state index contributed by atoms with van der Waals surface area (Å²) in [6, 6.07) is 5.44. The van der Waals surface area contributed by atoms with Crippen LogP contribution in [0.15, 0.2) is 18.2 Å². The van der Waals surface area contributed by atoms with E-state index in [2.05, 4.69) is 23.2 Å². The third-order valence-electron chi connectivity index (χ3n) is 3.52. The average molecular weight is 250 g/mol. The van der Waals surface area contributed by atoms with Gasteiger partial charge in [-0.25, -0.2) is 4.39 Å². The first-order valence-corrected chi connectivity index (χ1v) is 7.06. The molecule has 0 bridgehead atoms. The van der Waals surface area contributed by atoms with Crippen LogP contribution in [0.4, 0.5) is 10.1 Å². The van der Waals surface area contributed by atoms with Crippen LogP contribution < -0.4 is 10.2 Å². The Hall–Kier alpha value is -1.09. The number of anilines is 1. The molecule has 0 aliphatic carbocycles. The predicted molar refractivity (Wildman–Crippen MR) is 74.5 cm³/mol. The number of halogens is 1. The second kappa shape index (κ2) is 6.74. The predicted octanol–water partition coefficient (Wildman–Crippen LogP) is 3.32. The van der Waals surface area contributed by atoms with Crippen molar-refractivity contribution in [3.63, 3.8) is 0 Å². The Morgan fingerprint density at radius 1 is 1.22 bits per heavy atom. The maximum Gasteiger partial charge on any atom is 0.129 e. The Labute approximate surface area is 109 Å². The number of hydrogen-bond acceptors (Lipinski definition) is 2. The van der Waals surface area contributed by atoms with E-state index in [0.717, 1.165) is 37.3 Å². The van der Waals surface area contributed by atoms with Crippen LogP contribution in [-0.2, 0) is 6.54 Å². The lowest BCUT2D eigenvalue weighted by molar-refractivity contribution is 0.560. The molecule has 2 rings (SSSR count). The molecule has 3 heteroatoms.